The molecule has 0 fully saturated rings. The summed E-state index contributed by atoms with van der Waals surface area (Å²) in [7, 11) is 1.81. The molecule has 0 amide bonds. The van der Waals surface area contributed by atoms with E-state index in [-0.39, 0.29) is 11.9 Å². The zero-order chi connectivity index (χ0) is 14.7. The molecule has 1 N–H and O–H groups in total. The fourth-order valence-corrected chi connectivity index (χ4v) is 2.73. The molecule has 108 valence electrons. The maximum absolute atomic E-state index is 14.0. The van der Waals surface area contributed by atoms with Crippen LogP contribution in [0.4, 0.5) is 4.39 Å². The second-order valence-corrected chi connectivity index (χ2v) is 5.18. The van der Waals surface area contributed by atoms with Gasteiger partial charge in [0, 0.05) is 35.3 Å². The lowest BCUT2D eigenvalue weighted by atomic mass is 10.0. The number of hydrogen-bond acceptors (Lipinski definition) is 2. The van der Waals surface area contributed by atoms with Crippen molar-refractivity contribution < 1.29 is 4.39 Å². The minimum atomic E-state index is -0.281. The molecule has 1 atom stereocenters. The summed E-state index contributed by atoms with van der Waals surface area (Å²) in [5.74, 6) is -0.281. The summed E-state index contributed by atoms with van der Waals surface area (Å²) in [5.41, 5.74) is 2.55. The van der Waals surface area contributed by atoms with Gasteiger partial charge in [0.2, 0.25) is 0 Å². The van der Waals surface area contributed by atoms with Gasteiger partial charge in [-0.15, -0.1) is 0 Å². The van der Waals surface area contributed by atoms with E-state index in [9.17, 15) is 4.39 Å². The topological polar surface area (TPSA) is 29.9 Å². The highest BCUT2D eigenvalue weighted by atomic mass is 35.5. The van der Waals surface area contributed by atoms with E-state index in [2.05, 4.69) is 10.4 Å². The van der Waals surface area contributed by atoms with Crippen LogP contribution in [0.3, 0.4) is 0 Å². The second-order valence-electron chi connectivity index (χ2n) is 4.77. The minimum Gasteiger partial charge on any atom is -0.313 e. The Hall–Kier alpha value is -1.39. The number of hydrogen-bond donors (Lipinski definition) is 1. The lowest BCUT2D eigenvalue weighted by Crippen LogP contribution is -2.22. The average Bonchev–Trinajstić information content (AvgIpc) is 2.77. The molecule has 2 aromatic rings. The van der Waals surface area contributed by atoms with Crippen LogP contribution in [0.2, 0.25) is 5.02 Å². The quantitative estimate of drug-likeness (QED) is 0.915. The normalized spacial score (nSPS) is 12.7. The number of aryl methyl sites for hydroxylation is 2. The zero-order valence-electron chi connectivity index (χ0n) is 12.0. The third kappa shape index (κ3) is 3.02. The Kier molecular flexibility index (Phi) is 4.78. The molecule has 0 bridgehead atoms. The van der Waals surface area contributed by atoms with Crippen LogP contribution in [0.25, 0.3) is 0 Å². The van der Waals surface area contributed by atoms with Gasteiger partial charge in [-0.25, -0.2) is 4.39 Å². The number of rotatable bonds is 5. The molecule has 20 heavy (non-hydrogen) atoms. The molecular formula is C15H19ClFN3. The Morgan fingerprint density at radius 2 is 2.20 bits per heavy atom. The Bertz CT molecular complexity index is 575. The van der Waals surface area contributed by atoms with Crippen molar-refractivity contribution >= 4 is 11.6 Å². The Morgan fingerprint density at radius 1 is 1.45 bits per heavy atom. The van der Waals surface area contributed by atoms with E-state index < -0.39 is 0 Å². The SMILES string of the molecule is CCn1nc(C)cc1CC(NC)c1c(F)cccc1Cl. The smallest absolute Gasteiger partial charge is 0.129 e. The number of aromatic nitrogens is 2. The van der Waals surface area contributed by atoms with Crippen LogP contribution in [-0.2, 0) is 13.0 Å². The van der Waals surface area contributed by atoms with Crippen molar-refractivity contribution in [2.75, 3.05) is 7.05 Å². The fourth-order valence-electron chi connectivity index (χ4n) is 2.44. The number of nitrogens with zero attached hydrogens (tertiary/aromatic N) is 2. The lowest BCUT2D eigenvalue weighted by molar-refractivity contribution is 0.510. The summed E-state index contributed by atoms with van der Waals surface area (Å²) >= 11 is 6.15. The maximum atomic E-state index is 14.0. The van der Waals surface area contributed by atoms with Crippen LogP contribution in [0.5, 0.6) is 0 Å². The average molecular weight is 296 g/mol. The van der Waals surface area contributed by atoms with Crippen molar-refractivity contribution in [1.29, 1.82) is 0 Å². The van der Waals surface area contributed by atoms with Crippen molar-refractivity contribution in [3.05, 3.63) is 52.1 Å². The van der Waals surface area contributed by atoms with Crippen molar-refractivity contribution in [2.45, 2.75) is 32.9 Å². The van der Waals surface area contributed by atoms with E-state index in [1.54, 1.807) is 12.1 Å². The lowest BCUT2D eigenvalue weighted by Gasteiger charge is -2.19. The standard InChI is InChI=1S/C15H19ClFN3/c1-4-20-11(8-10(2)19-20)9-14(18-3)15-12(16)6-5-7-13(15)17/h5-8,14,18H,4,9H2,1-3H3. The number of likely N-dealkylation sites (N-methyl/N-ethyl adjacent to an activating group) is 1. The molecular weight excluding hydrogens is 277 g/mol. The molecule has 5 heteroatoms. The van der Waals surface area contributed by atoms with Crippen LogP contribution in [0.15, 0.2) is 24.3 Å². The van der Waals surface area contributed by atoms with Crippen LogP contribution >= 0.6 is 11.6 Å². The van der Waals surface area contributed by atoms with E-state index in [1.807, 2.05) is 31.6 Å². The number of nitrogens with one attached hydrogen (secondary N) is 1. The van der Waals surface area contributed by atoms with E-state index in [1.165, 1.54) is 6.07 Å². The van der Waals surface area contributed by atoms with Gasteiger partial charge >= 0.3 is 0 Å². The largest absolute Gasteiger partial charge is 0.313 e. The van der Waals surface area contributed by atoms with Crippen molar-refractivity contribution in [1.82, 2.24) is 15.1 Å². The summed E-state index contributed by atoms with van der Waals surface area (Å²) in [6, 6.07) is 6.63. The summed E-state index contributed by atoms with van der Waals surface area (Å²) in [6.07, 6.45) is 0.645. The number of benzene rings is 1. The first-order chi connectivity index (χ1) is 9.56. The van der Waals surface area contributed by atoms with Crippen LogP contribution in [0.1, 0.15) is 29.9 Å². The van der Waals surface area contributed by atoms with Crippen molar-refractivity contribution in [2.24, 2.45) is 0 Å². The molecule has 1 heterocycles. The van der Waals surface area contributed by atoms with Gasteiger partial charge in [0.15, 0.2) is 0 Å². The monoisotopic (exact) mass is 295 g/mol. The van der Waals surface area contributed by atoms with Crippen molar-refractivity contribution in [3.63, 3.8) is 0 Å². The maximum Gasteiger partial charge on any atom is 0.129 e. The Balaban J connectivity index is 2.33. The second kappa shape index (κ2) is 6.37. The van der Waals surface area contributed by atoms with Gasteiger partial charge in [-0.1, -0.05) is 17.7 Å². The summed E-state index contributed by atoms with van der Waals surface area (Å²) in [4.78, 5) is 0. The van der Waals surface area contributed by atoms with Gasteiger partial charge in [-0.3, -0.25) is 4.68 Å². The zero-order valence-corrected chi connectivity index (χ0v) is 12.7. The molecule has 0 aliphatic heterocycles. The molecule has 0 radical (unpaired) electrons. The molecule has 1 aromatic carbocycles. The Labute approximate surface area is 123 Å². The van der Waals surface area contributed by atoms with E-state index >= 15 is 0 Å². The highest BCUT2D eigenvalue weighted by Crippen LogP contribution is 2.28. The van der Waals surface area contributed by atoms with E-state index in [4.69, 9.17) is 11.6 Å². The third-order valence-corrected chi connectivity index (χ3v) is 3.72. The molecule has 0 spiro atoms. The van der Waals surface area contributed by atoms with Gasteiger partial charge in [0.1, 0.15) is 5.82 Å². The molecule has 0 saturated carbocycles. The van der Waals surface area contributed by atoms with Gasteiger partial charge < -0.3 is 5.32 Å². The molecule has 2 rings (SSSR count). The minimum absolute atomic E-state index is 0.176. The summed E-state index contributed by atoms with van der Waals surface area (Å²) in [5, 5.41) is 8.01. The molecule has 0 aliphatic carbocycles. The molecule has 1 aromatic heterocycles. The molecule has 0 aliphatic rings. The summed E-state index contributed by atoms with van der Waals surface area (Å²) < 4.78 is 16.0. The van der Waals surface area contributed by atoms with Gasteiger partial charge in [0.05, 0.1) is 5.69 Å². The molecule has 0 saturated heterocycles. The predicted molar refractivity (Wildman–Crippen MR) is 79.6 cm³/mol. The van der Waals surface area contributed by atoms with E-state index in [0.29, 0.717) is 17.0 Å². The van der Waals surface area contributed by atoms with E-state index in [0.717, 1.165) is 17.9 Å². The van der Waals surface area contributed by atoms with Gasteiger partial charge in [-0.2, -0.15) is 5.10 Å². The van der Waals surface area contributed by atoms with Crippen LogP contribution < -0.4 is 5.32 Å². The Morgan fingerprint density at radius 3 is 2.80 bits per heavy atom. The van der Waals surface area contributed by atoms with Gasteiger partial charge in [-0.05, 0) is 39.1 Å². The van der Waals surface area contributed by atoms with Crippen molar-refractivity contribution in [3.8, 4) is 0 Å². The first kappa shape index (κ1) is 15.0. The first-order valence-corrected chi connectivity index (χ1v) is 7.09. The summed E-state index contributed by atoms with van der Waals surface area (Å²) in [6.45, 7) is 4.80. The molecule has 3 nitrogen and oxygen atoms in total. The first-order valence-electron chi connectivity index (χ1n) is 6.71. The highest BCUT2D eigenvalue weighted by Gasteiger charge is 2.19. The highest BCUT2D eigenvalue weighted by molar-refractivity contribution is 6.31. The van der Waals surface area contributed by atoms with Crippen LogP contribution in [0, 0.1) is 12.7 Å². The molecule has 1 unspecified atom stereocenters. The predicted octanol–water partition coefficient (Wildman–Crippen LogP) is 3.51. The fraction of sp³-hybridized carbons (Fsp3) is 0.400. The van der Waals surface area contributed by atoms with Crippen LogP contribution in [-0.4, -0.2) is 16.8 Å². The van der Waals surface area contributed by atoms with Gasteiger partial charge in [0.25, 0.3) is 0 Å². The third-order valence-electron chi connectivity index (χ3n) is 3.39. The number of halogens is 2.